The van der Waals surface area contributed by atoms with Crippen molar-refractivity contribution < 1.29 is 9.90 Å². The molecular formula is C11H11Cl2N6O+. The summed E-state index contributed by atoms with van der Waals surface area (Å²) in [4.78, 5) is 15.7. The predicted molar refractivity (Wildman–Crippen MR) is 74.1 cm³/mol. The van der Waals surface area contributed by atoms with Crippen molar-refractivity contribution in [1.82, 2.24) is 20.2 Å². The second kappa shape index (κ2) is 6.36. The third-order valence-corrected chi connectivity index (χ3v) is 2.86. The minimum Gasteiger partial charge on any atom is -0.288 e. The van der Waals surface area contributed by atoms with Crippen molar-refractivity contribution in [3.05, 3.63) is 46.5 Å². The summed E-state index contributed by atoms with van der Waals surface area (Å²) in [7, 11) is 0. The number of hydrogen-bond donors (Lipinski definition) is 3. The van der Waals surface area contributed by atoms with Crippen LogP contribution in [0.25, 0.3) is 0 Å². The highest BCUT2D eigenvalue weighted by molar-refractivity contribution is 6.36. The van der Waals surface area contributed by atoms with Gasteiger partial charge in [0.15, 0.2) is 0 Å². The van der Waals surface area contributed by atoms with Crippen LogP contribution in [0.15, 0.2) is 30.9 Å². The standard InChI is InChI=1S/C11H10Cl2N6O/c12-7-1-2-8(9(13)3-7)11(20)18-17-10(14)4-19-6-15-5-16-19/h1-3,5-6H,4H2,(H2,14,17)(H,18,20)/p+1. The lowest BCUT2D eigenvalue weighted by Gasteiger charge is -2.02. The first-order valence-corrected chi connectivity index (χ1v) is 6.27. The fraction of sp³-hybridized carbons (Fsp3) is 0.0909. The van der Waals surface area contributed by atoms with Gasteiger partial charge in [-0.15, -0.1) is 0 Å². The number of halogens is 2. The number of benzene rings is 1. The first-order valence-electron chi connectivity index (χ1n) is 5.51. The predicted octanol–water partition coefficient (Wildman–Crippen LogP) is -0.632. The average molecular weight is 314 g/mol. The molecule has 0 unspecified atom stereocenters. The molecule has 0 spiro atoms. The summed E-state index contributed by atoms with van der Waals surface area (Å²) in [5, 5.41) is 7.17. The molecule has 0 aliphatic heterocycles. The molecule has 1 aromatic heterocycles. The van der Waals surface area contributed by atoms with Crippen LogP contribution in [-0.2, 0) is 6.54 Å². The van der Waals surface area contributed by atoms with E-state index in [0.717, 1.165) is 0 Å². The van der Waals surface area contributed by atoms with Crippen LogP contribution in [0, 0.1) is 0 Å². The Kier molecular flexibility index (Phi) is 4.54. The van der Waals surface area contributed by atoms with Crippen LogP contribution in [-0.4, -0.2) is 26.5 Å². The Labute approximate surface area is 124 Å². The molecule has 9 heteroatoms. The van der Waals surface area contributed by atoms with Gasteiger partial charge in [0.2, 0.25) is 0 Å². The smallest absolute Gasteiger partial charge is 0.287 e. The number of carbonyl (C=O) groups excluding carboxylic acids is 1. The molecule has 104 valence electrons. The van der Waals surface area contributed by atoms with Crippen LogP contribution in [0.2, 0.25) is 10.0 Å². The van der Waals surface area contributed by atoms with Gasteiger partial charge in [-0.25, -0.2) is 9.67 Å². The van der Waals surface area contributed by atoms with Gasteiger partial charge in [-0.05, 0) is 18.2 Å². The second-order valence-electron chi connectivity index (χ2n) is 3.82. The van der Waals surface area contributed by atoms with Crippen LogP contribution in [0.5, 0.6) is 0 Å². The van der Waals surface area contributed by atoms with Crippen LogP contribution in [0.3, 0.4) is 0 Å². The molecule has 7 nitrogen and oxygen atoms in total. The lowest BCUT2D eigenvalue weighted by atomic mass is 10.2. The Morgan fingerprint density at radius 2 is 2.25 bits per heavy atom. The molecule has 1 aromatic carbocycles. The fourth-order valence-electron chi connectivity index (χ4n) is 1.41. The van der Waals surface area contributed by atoms with Gasteiger partial charge in [0.25, 0.3) is 11.7 Å². The number of carbonyl (C=O) groups is 1. The molecule has 0 aliphatic carbocycles. The van der Waals surface area contributed by atoms with E-state index in [9.17, 15) is 4.79 Å². The van der Waals surface area contributed by atoms with Crippen LogP contribution >= 0.6 is 23.2 Å². The molecule has 2 aromatic rings. The molecule has 1 heterocycles. The molecule has 0 saturated heterocycles. The van der Waals surface area contributed by atoms with Crippen LogP contribution in [0.1, 0.15) is 10.4 Å². The average Bonchev–Trinajstić information content (AvgIpc) is 2.89. The van der Waals surface area contributed by atoms with Gasteiger partial charge >= 0.3 is 0 Å². The monoisotopic (exact) mass is 313 g/mol. The summed E-state index contributed by atoms with van der Waals surface area (Å²) >= 11 is 11.7. The molecule has 2 rings (SSSR count). The zero-order valence-corrected chi connectivity index (χ0v) is 11.7. The first kappa shape index (κ1) is 14.3. The van der Waals surface area contributed by atoms with Gasteiger partial charge in [-0.2, -0.15) is 15.6 Å². The fourth-order valence-corrected chi connectivity index (χ4v) is 1.90. The number of nitrogens with one attached hydrogen (secondary N) is 2. The van der Waals surface area contributed by atoms with Gasteiger partial charge in [0.1, 0.15) is 19.2 Å². The third-order valence-electron chi connectivity index (χ3n) is 2.31. The number of nitrogens with two attached hydrogens (primary N) is 1. The summed E-state index contributed by atoms with van der Waals surface area (Å²) in [5.74, 6) is -0.123. The summed E-state index contributed by atoms with van der Waals surface area (Å²) < 4.78 is 1.50. The number of amidine groups is 1. The summed E-state index contributed by atoms with van der Waals surface area (Å²) in [6, 6.07) is 4.58. The molecule has 1 amide bonds. The van der Waals surface area contributed by atoms with Crippen molar-refractivity contribution in [2.75, 3.05) is 0 Å². The molecule has 20 heavy (non-hydrogen) atoms. The maximum absolute atomic E-state index is 11.9. The second-order valence-corrected chi connectivity index (χ2v) is 4.67. The van der Waals surface area contributed by atoms with Crippen molar-refractivity contribution in [3.63, 3.8) is 0 Å². The minimum atomic E-state index is -0.423. The summed E-state index contributed by atoms with van der Waals surface area (Å²) in [6.45, 7) is 0.272. The molecular weight excluding hydrogens is 303 g/mol. The number of hydrogen-bond acceptors (Lipinski definition) is 3. The van der Waals surface area contributed by atoms with Gasteiger partial charge in [-0.3, -0.25) is 10.5 Å². The number of nitrogens with zero attached hydrogens (tertiary/aromatic N) is 3. The number of amides is 1. The van der Waals surface area contributed by atoms with E-state index in [-0.39, 0.29) is 17.1 Å². The quantitative estimate of drug-likeness (QED) is 0.397. The topological polar surface area (TPSA) is 99.8 Å². The number of hydrazone groups is 1. The van der Waals surface area contributed by atoms with Gasteiger partial charge < -0.3 is 0 Å². The van der Waals surface area contributed by atoms with Gasteiger partial charge in [0, 0.05) is 5.02 Å². The van der Waals surface area contributed by atoms with Crippen LogP contribution in [0.4, 0.5) is 0 Å². The summed E-state index contributed by atoms with van der Waals surface area (Å²) in [6.07, 6.45) is 2.89. The molecule has 0 aliphatic rings. The Morgan fingerprint density at radius 3 is 2.90 bits per heavy atom. The van der Waals surface area contributed by atoms with E-state index in [1.54, 1.807) is 6.07 Å². The van der Waals surface area contributed by atoms with E-state index in [2.05, 4.69) is 20.6 Å². The number of hydrazine groups is 1. The van der Waals surface area contributed by atoms with Gasteiger partial charge in [0.05, 0.1) is 10.6 Å². The summed E-state index contributed by atoms with van der Waals surface area (Å²) in [5.41, 5.74) is 8.42. The Bertz CT molecular complexity index is 640. The highest BCUT2D eigenvalue weighted by Crippen LogP contribution is 2.20. The van der Waals surface area contributed by atoms with E-state index in [4.69, 9.17) is 28.9 Å². The van der Waals surface area contributed by atoms with Crippen molar-refractivity contribution in [2.24, 2.45) is 5.73 Å². The largest absolute Gasteiger partial charge is 0.288 e. The lowest BCUT2D eigenvalue weighted by molar-refractivity contribution is -0.510. The number of rotatable bonds is 4. The van der Waals surface area contributed by atoms with Crippen molar-refractivity contribution in [1.29, 1.82) is 0 Å². The third kappa shape index (κ3) is 3.69. The highest BCUT2D eigenvalue weighted by Gasteiger charge is 2.11. The zero-order chi connectivity index (χ0) is 14.5. The number of aromatic nitrogens is 3. The molecule has 0 saturated carbocycles. The molecule has 0 atom stereocenters. The van der Waals surface area contributed by atoms with Crippen molar-refractivity contribution in [2.45, 2.75) is 6.54 Å². The van der Waals surface area contributed by atoms with Gasteiger partial charge in [-0.1, -0.05) is 23.2 Å². The Hall–Kier alpha value is -2.12. The molecule has 0 bridgehead atoms. The first-order chi connectivity index (χ1) is 9.56. The zero-order valence-electron chi connectivity index (χ0n) is 10.2. The SMILES string of the molecule is NC(Cn1cncn1)=[NH+]NC(=O)c1ccc(Cl)cc1Cl. The Balaban J connectivity index is 2.00. The molecule has 0 fully saturated rings. The van der Waals surface area contributed by atoms with Crippen molar-refractivity contribution >= 4 is 34.9 Å². The van der Waals surface area contributed by atoms with Crippen molar-refractivity contribution in [3.8, 4) is 0 Å². The normalized spacial score (nSPS) is 11.4. The maximum Gasteiger partial charge on any atom is 0.287 e. The molecule has 0 radical (unpaired) electrons. The van der Waals surface area contributed by atoms with E-state index >= 15 is 0 Å². The van der Waals surface area contributed by atoms with Crippen LogP contribution < -0.4 is 16.3 Å². The van der Waals surface area contributed by atoms with E-state index < -0.39 is 5.91 Å². The van der Waals surface area contributed by atoms with E-state index in [1.807, 2.05) is 0 Å². The Morgan fingerprint density at radius 1 is 1.45 bits per heavy atom. The minimum absolute atomic E-state index is 0.256. The van der Waals surface area contributed by atoms with E-state index in [1.165, 1.54) is 29.5 Å². The highest BCUT2D eigenvalue weighted by atomic mass is 35.5. The van der Waals surface area contributed by atoms with E-state index in [0.29, 0.717) is 10.9 Å². The maximum atomic E-state index is 11.9. The molecule has 4 N–H and O–H groups in total. The lowest BCUT2D eigenvalue weighted by Crippen LogP contribution is -2.86.